The number of hydrogen-bond donors (Lipinski definition) is 2. The van der Waals surface area contributed by atoms with Gasteiger partial charge in [-0.3, -0.25) is 4.79 Å². The molecule has 0 radical (unpaired) electrons. The minimum Gasteiger partial charge on any atom is -0.387 e. The largest absolute Gasteiger partial charge is 0.387 e. The van der Waals surface area contributed by atoms with Gasteiger partial charge in [0.05, 0.1) is 11.7 Å². The predicted molar refractivity (Wildman–Crippen MR) is 67.9 cm³/mol. The zero-order valence-electron chi connectivity index (χ0n) is 11.6. The molecule has 0 aromatic carbocycles. The Morgan fingerprint density at radius 1 is 1.53 bits per heavy atom. The van der Waals surface area contributed by atoms with Crippen LogP contribution in [0.2, 0.25) is 0 Å². The predicted octanol–water partition coefficient (Wildman–Crippen LogP) is 0.230. The van der Waals surface area contributed by atoms with Gasteiger partial charge in [0.1, 0.15) is 0 Å². The van der Waals surface area contributed by atoms with Crippen LogP contribution in [0.5, 0.6) is 0 Å². The van der Waals surface area contributed by atoms with Crippen molar-refractivity contribution in [3.63, 3.8) is 0 Å². The SMILES string of the molecule is COC(C)CCC(=O)NCC(C)(O)CN(C)C. The molecule has 0 fully saturated rings. The summed E-state index contributed by atoms with van der Waals surface area (Å²) in [5.41, 5.74) is -0.897. The molecule has 1 amide bonds. The fourth-order valence-electron chi connectivity index (χ4n) is 1.57. The number of ether oxygens (including phenoxy) is 1. The van der Waals surface area contributed by atoms with Crippen LogP contribution >= 0.6 is 0 Å². The van der Waals surface area contributed by atoms with Gasteiger partial charge in [-0.1, -0.05) is 0 Å². The number of nitrogens with zero attached hydrogens (tertiary/aromatic N) is 1. The second-order valence-electron chi connectivity index (χ2n) is 5.10. The molecule has 102 valence electrons. The highest BCUT2D eigenvalue weighted by molar-refractivity contribution is 5.75. The molecule has 0 saturated carbocycles. The van der Waals surface area contributed by atoms with Crippen LogP contribution in [-0.4, -0.2) is 61.9 Å². The molecular weight excluding hydrogens is 220 g/mol. The van der Waals surface area contributed by atoms with Gasteiger partial charge in [-0.25, -0.2) is 0 Å². The number of nitrogens with one attached hydrogen (secondary N) is 1. The van der Waals surface area contributed by atoms with E-state index in [0.29, 0.717) is 19.4 Å². The second-order valence-corrected chi connectivity index (χ2v) is 5.10. The van der Waals surface area contributed by atoms with Crippen molar-refractivity contribution in [3.05, 3.63) is 0 Å². The summed E-state index contributed by atoms with van der Waals surface area (Å²) in [5.74, 6) is -0.0482. The van der Waals surface area contributed by atoms with Gasteiger partial charge in [0.25, 0.3) is 0 Å². The molecule has 0 aliphatic heterocycles. The third kappa shape index (κ3) is 9.09. The van der Waals surface area contributed by atoms with Crippen LogP contribution in [0.25, 0.3) is 0 Å². The van der Waals surface area contributed by atoms with Gasteiger partial charge in [-0.05, 0) is 34.4 Å². The van der Waals surface area contributed by atoms with Crippen molar-refractivity contribution in [1.29, 1.82) is 0 Å². The maximum absolute atomic E-state index is 11.5. The smallest absolute Gasteiger partial charge is 0.220 e. The average molecular weight is 246 g/mol. The Kier molecular flexibility index (Phi) is 7.34. The van der Waals surface area contributed by atoms with E-state index in [1.54, 1.807) is 14.0 Å². The van der Waals surface area contributed by atoms with E-state index in [9.17, 15) is 9.90 Å². The van der Waals surface area contributed by atoms with Crippen molar-refractivity contribution >= 4 is 5.91 Å². The Bertz CT molecular complexity index is 230. The monoisotopic (exact) mass is 246 g/mol. The summed E-state index contributed by atoms with van der Waals surface area (Å²) in [7, 11) is 5.40. The lowest BCUT2D eigenvalue weighted by Crippen LogP contribution is -2.47. The first-order valence-electron chi connectivity index (χ1n) is 5.93. The van der Waals surface area contributed by atoms with E-state index in [0.717, 1.165) is 0 Å². The van der Waals surface area contributed by atoms with Crippen molar-refractivity contribution in [2.45, 2.75) is 38.4 Å². The third-order valence-corrected chi connectivity index (χ3v) is 2.50. The summed E-state index contributed by atoms with van der Waals surface area (Å²) in [4.78, 5) is 13.4. The molecule has 0 aromatic heterocycles. The molecule has 0 spiro atoms. The summed E-state index contributed by atoms with van der Waals surface area (Å²) in [6.07, 6.45) is 1.20. The van der Waals surface area contributed by atoms with E-state index in [4.69, 9.17) is 4.74 Å². The maximum Gasteiger partial charge on any atom is 0.220 e. The molecule has 2 unspecified atom stereocenters. The number of aliphatic hydroxyl groups is 1. The molecule has 2 atom stereocenters. The normalized spacial score (nSPS) is 16.6. The zero-order chi connectivity index (χ0) is 13.5. The van der Waals surface area contributed by atoms with Gasteiger partial charge in [0.2, 0.25) is 5.91 Å². The molecule has 2 N–H and O–H groups in total. The molecule has 0 bridgehead atoms. The molecule has 5 heteroatoms. The van der Waals surface area contributed by atoms with E-state index in [1.165, 1.54) is 0 Å². The van der Waals surface area contributed by atoms with Crippen molar-refractivity contribution in [2.75, 3.05) is 34.3 Å². The van der Waals surface area contributed by atoms with Crippen LogP contribution in [0.4, 0.5) is 0 Å². The summed E-state index contributed by atoms with van der Waals surface area (Å²) < 4.78 is 5.06. The van der Waals surface area contributed by atoms with Gasteiger partial charge in [-0.2, -0.15) is 0 Å². The lowest BCUT2D eigenvalue weighted by molar-refractivity contribution is -0.123. The lowest BCUT2D eigenvalue weighted by Gasteiger charge is -2.27. The fraction of sp³-hybridized carbons (Fsp3) is 0.917. The average Bonchev–Trinajstić information content (AvgIpc) is 2.21. The summed E-state index contributed by atoms with van der Waals surface area (Å²) in [6.45, 7) is 4.42. The van der Waals surface area contributed by atoms with E-state index in [-0.39, 0.29) is 18.6 Å². The Balaban J connectivity index is 3.83. The number of amides is 1. The molecule has 5 nitrogen and oxygen atoms in total. The van der Waals surface area contributed by atoms with Crippen LogP contribution in [0.3, 0.4) is 0 Å². The Morgan fingerprint density at radius 2 is 2.12 bits per heavy atom. The number of carbonyl (C=O) groups is 1. The number of carbonyl (C=O) groups excluding carboxylic acids is 1. The quantitative estimate of drug-likeness (QED) is 0.643. The van der Waals surface area contributed by atoms with Crippen LogP contribution in [0.1, 0.15) is 26.7 Å². The standard InChI is InChI=1S/C12H26N2O3/c1-10(17-5)6-7-11(15)13-8-12(2,16)9-14(3)4/h10,16H,6-9H2,1-5H3,(H,13,15). The van der Waals surface area contributed by atoms with Gasteiger partial charge in [0.15, 0.2) is 0 Å². The number of methoxy groups -OCH3 is 1. The molecular formula is C12H26N2O3. The Labute approximate surface area is 104 Å². The molecule has 0 saturated heterocycles. The van der Waals surface area contributed by atoms with Crippen LogP contribution in [0.15, 0.2) is 0 Å². The summed E-state index contributed by atoms with van der Waals surface area (Å²) in [5, 5.41) is 12.7. The Morgan fingerprint density at radius 3 is 2.59 bits per heavy atom. The highest BCUT2D eigenvalue weighted by atomic mass is 16.5. The van der Waals surface area contributed by atoms with Crippen molar-refractivity contribution in [1.82, 2.24) is 10.2 Å². The van der Waals surface area contributed by atoms with Crippen LogP contribution in [0, 0.1) is 0 Å². The maximum atomic E-state index is 11.5. The van der Waals surface area contributed by atoms with Crippen molar-refractivity contribution in [2.24, 2.45) is 0 Å². The lowest BCUT2D eigenvalue weighted by atomic mass is 10.1. The van der Waals surface area contributed by atoms with Crippen LogP contribution < -0.4 is 5.32 Å². The molecule has 0 rings (SSSR count). The highest BCUT2D eigenvalue weighted by Gasteiger charge is 2.21. The van der Waals surface area contributed by atoms with E-state index < -0.39 is 5.60 Å². The first-order valence-corrected chi connectivity index (χ1v) is 5.93. The first kappa shape index (κ1) is 16.4. The molecule has 17 heavy (non-hydrogen) atoms. The third-order valence-electron chi connectivity index (χ3n) is 2.50. The van der Waals surface area contributed by atoms with Gasteiger partial charge in [0, 0.05) is 26.6 Å². The van der Waals surface area contributed by atoms with E-state index >= 15 is 0 Å². The Hall–Kier alpha value is -0.650. The molecule has 0 aliphatic rings. The minimum atomic E-state index is -0.897. The van der Waals surface area contributed by atoms with Crippen molar-refractivity contribution < 1.29 is 14.6 Å². The molecule has 0 heterocycles. The number of likely N-dealkylation sites (N-methyl/N-ethyl adjacent to an activating group) is 1. The summed E-state index contributed by atoms with van der Waals surface area (Å²) >= 11 is 0. The van der Waals surface area contributed by atoms with Gasteiger partial charge in [-0.15, -0.1) is 0 Å². The van der Waals surface area contributed by atoms with Gasteiger partial charge < -0.3 is 20.1 Å². The highest BCUT2D eigenvalue weighted by Crippen LogP contribution is 2.04. The number of hydrogen-bond acceptors (Lipinski definition) is 4. The fourth-order valence-corrected chi connectivity index (χ4v) is 1.57. The van der Waals surface area contributed by atoms with Crippen molar-refractivity contribution in [3.8, 4) is 0 Å². The van der Waals surface area contributed by atoms with E-state index in [1.807, 2.05) is 25.9 Å². The molecule has 0 aromatic rings. The second kappa shape index (κ2) is 7.63. The van der Waals surface area contributed by atoms with E-state index in [2.05, 4.69) is 5.32 Å². The molecule has 0 aliphatic carbocycles. The number of rotatable bonds is 8. The van der Waals surface area contributed by atoms with Gasteiger partial charge >= 0.3 is 0 Å². The topological polar surface area (TPSA) is 61.8 Å². The van der Waals surface area contributed by atoms with Crippen LogP contribution in [-0.2, 0) is 9.53 Å². The zero-order valence-corrected chi connectivity index (χ0v) is 11.6. The minimum absolute atomic E-state index is 0.0482. The summed E-state index contributed by atoms with van der Waals surface area (Å²) in [6, 6.07) is 0. The first-order chi connectivity index (χ1) is 7.76.